The molecular weight excluding hydrogens is 451 g/mol. The molecule has 128 valence electrons. The summed E-state index contributed by atoms with van der Waals surface area (Å²) < 4.78 is 29.6. The highest BCUT2D eigenvalue weighted by molar-refractivity contribution is 9.11. The molecule has 2 rings (SSSR count). The number of anilines is 1. The van der Waals surface area contributed by atoms with E-state index in [1.54, 1.807) is 0 Å². The van der Waals surface area contributed by atoms with Crippen molar-refractivity contribution in [1.29, 1.82) is 0 Å². The molecule has 0 atom stereocenters. The van der Waals surface area contributed by atoms with E-state index in [0.29, 0.717) is 26.2 Å². The fourth-order valence-electron chi connectivity index (χ4n) is 1.97. The Balaban J connectivity index is 2.45. The first-order chi connectivity index (χ1) is 11.4. The number of nitrogens with zero attached hydrogens (tertiary/aromatic N) is 1. The zero-order chi connectivity index (χ0) is 17.9. The van der Waals surface area contributed by atoms with Gasteiger partial charge >= 0.3 is 0 Å². The number of halogens is 3. The summed E-state index contributed by atoms with van der Waals surface area (Å²) in [7, 11) is 4.36. The summed E-state index contributed by atoms with van der Waals surface area (Å²) in [5, 5.41) is 2.59. The van der Waals surface area contributed by atoms with Gasteiger partial charge in [-0.15, -0.1) is 0 Å². The number of methoxy groups -OCH3 is 3. The molecule has 1 aromatic carbocycles. The molecule has 0 fully saturated rings. The van der Waals surface area contributed by atoms with E-state index in [2.05, 4.69) is 42.2 Å². The van der Waals surface area contributed by atoms with E-state index >= 15 is 0 Å². The van der Waals surface area contributed by atoms with Gasteiger partial charge in [-0.05, 0) is 44.0 Å². The Labute approximate surface area is 154 Å². The Hall–Kier alpha value is -1.87. The summed E-state index contributed by atoms with van der Waals surface area (Å²) in [5.41, 5.74) is 0.238. The van der Waals surface area contributed by atoms with E-state index in [0.717, 1.165) is 6.20 Å². The van der Waals surface area contributed by atoms with Crippen LogP contribution < -0.4 is 19.5 Å². The summed E-state index contributed by atoms with van der Waals surface area (Å²) >= 11 is 6.47. The molecule has 1 aromatic heterocycles. The van der Waals surface area contributed by atoms with Crippen LogP contribution in [-0.4, -0.2) is 32.2 Å². The number of ether oxygens (including phenoxy) is 3. The monoisotopic (exact) mass is 462 g/mol. The summed E-state index contributed by atoms with van der Waals surface area (Å²) in [6.45, 7) is 0. The SMILES string of the molecule is COc1cc(C(=O)Nc2ncc(F)cc2Br)c(Br)c(OC)c1OC. The predicted molar refractivity (Wildman–Crippen MR) is 93.6 cm³/mol. The molecular formula is C15H13Br2FN2O4. The molecule has 2 aromatic rings. The Morgan fingerprint density at radius 1 is 1.12 bits per heavy atom. The van der Waals surface area contributed by atoms with Crippen LogP contribution in [0.2, 0.25) is 0 Å². The second-order valence-electron chi connectivity index (χ2n) is 4.44. The number of carbonyl (C=O) groups excluding carboxylic acids is 1. The number of rotatable bonds is 5. The summed E-state index contributed by atoms with van der Waals surface area (Å²) in [6, 6.07) is 2.70. The molecule has 0 bridgehead atoms. The zero-order valence-electron chi connectivity index (χ0n) is 12.9. The van der Waals surface area contributed by atoms with Gasteiger partial charge in [0, 0.05) is 0 Å². The van der Waals surface area contributed by atoms with Crippen molar-refractivity contribution in [3.8, 4) is 17.2 Å². The van der Waals surface area contributed by atoms with Crippen molar-refractivity contribution in [1.82, 2.24) is 4.98 Å². The highest BCUT2D eigenvalue weighted by Crippen LogP contribution is 2.44. The number of carbonyl (C=O) groups is 1. The van der Waals surface area contributed by atoms with Crippen LogP contribution in [0.1, 0.15) is 10.4 Å². The largest absolute Gasteiger partial charge is 0.493 e. The minimum absolute atomic E-state index is 0.182. The van der Waals surface area contributed by atoms with Crippen LogP contribution in [0.5, 0.6) is 17.2 Å². The second-order valence-corrected chi connectivity index (χ2v) is 6.09. The highest BCUT2D eigenvalue weighted by Gasteiger charge is 2.23. The van der Waals surface area contributed by atoms with Gasteiger partial charge < -0.3 is 19.5 Å². The molecule has 0 aliphatic carbocycles. The second kappa shape index (κ2) is 7.80. The lowest BCUT2D eigenvalue weighted by Gasteiger charge is -2.16. The smallest absolute Gasteiger partial charge is 0.258 e. The molecule has 0 radical (unpaired) electrons. The van der Waals surface area contributed by atoms with Gasteiger partial charge in [0.05, 0.1) is 42.0 Å². The average Bonchev–Trinajstić information content (AvgIpc) is 2.56. The third kappa shape index (κ3) is 3.62. The number of amides is 1. The normalized spacial score (nSPS) is 10.2. The molecule has 0 unspecified atom stereocenters. The van der Waals surface area contributed by atoms with E-state index in [-0.39, 0.29) is 11.4 Å². The molecule has 0 aliphatic heterocycles. The maximum atomic E-state index is 13.1. The molecule has 1 N–H and O–H groups in total. The molecule has 0 aliphatic rings. The summed E-state index contributed by atoms with van der Waals surface area (Å²) in [5.74, 6) is 0.170. The number of hydrogen-bond acceptors (Lipinski definition) is 5. The van der Waals surface area contributed by atoms with Gasteiger partial charge in [0.15, 0.2) is 11.5 Å². The van der Waals surface area contributed by atoms with Crippen LogP contribution in [0.4, 0.5) is 10.2 Å². The van der Waals surface area contributed by atoms with Gasteiger partial charge in [0.2, 0.25) is 5.75 Å². The number of nitrogens with one attached hydrogen (secondary N) is 1. The van der Waals surface area contributed by atoms with Crippen molar-refractivity contribution in [3.63, 3.8) is 0 Å². The topological polar surface area (TPSA) is 69.7 Å². The Morgan fingerprint density at radius 3 is 2.33 bits per heavy atom. The first kappa shape index (κ1) is 18.5. The standard InChI is InChI=1S/C15H13Br2FN2O4/c1-22-10-5-8(11(17)13(24-3)12(10)23-2)15(21)20-14-9(16)4-7(18)6-19-14/h4-6H,1-3H3,(H,19,20,21). The van der Waals surface area contributed by atoms with Crippen molar-refractivity contribution >= 4 is 43.6 Å². The summed E-state index contributed by atoms with van der Waals surface area (Å²) in [6.07, 6.45) is 1.00. The van der Waals surface area contributed by atoms with E-state index in [9.17, 15) is 9.18 Å². The van der Waals surface area contributed by atoms with Crippen LogP contribution in [-0.2, 0) is 0 Å². The van der Waals surface area contributed by atoms with Gasteiger partial charge in [-0.1, -0.05) is 0 Å². The van der Waals surface area contributed by atoms with Crippen LogP contribution in [0.25, 0.3) is 0 Å². The minimum Gasteiger partial charge on any atom is -0.493 e. The molecule has 24 heavy (non-hydrogen) atoms. The first-order valence-corrected chi connectivity index (χ1v) is 8.12. The van der Waals surface area contributed by atoms with E-state index in [4.69, 9.17) is 14.2 Å². The van der Waals surface area contributed by atoms with Crippen LogP contribution in [0.3, 0.4) is 0 Å². The highest BCUT2D eigenvalue weighted by atomic mass is 79.9. The first-order valence-electron chi connectivity index (χ1n) is 6.53. The van der Waals surface area contributed by atoms with Gasteiger partial charge in [0.25, 0.3) is 5.91 Å². The maximum absolute atomic E-state index is 13.1. The molecule has 1 amide bonds. The summed E-state index contributed by atoms with van der Waals surface area (Å²) in [4.78, 5) is 16.4. The van der Waals surface area contributed by atoms with Gasteiger partial charge in [-0.3, -0.25) is 4.79 Å². The number of benzene rings is 1. The lowest BCUT2D eigenvalue weighted by atomic mass is 10.1. The van der Waals surface area contributed by atoms with Crippen molar-refractivity contribution < 1.29 is 23.4 Å². The van der Waals surface area contributed by atoms with E-state index in [1.165, 1.54) is 33.5 Å². The fraction of sp³-hybridized carbons (Fsp3) is 0.200. The number of hydrogen-bond donors (Lipinski definition) is 1. The van der Waals surface area contributed by atoms with E-state index < -0.39 is 11.7 Å². The van der Waals surface area contributed by atoms with Crippen molar-refractivity contribution in [2.75, 3.05) is 26.6 Å². The third-order valence-electron chi connectivity index (χ3n) is 3.05. The maximum Gasteiger partial charge on any atom is 0.258 e. The molecule has 0 saturated heterocycles. The van der Waals surface area contributed by atoms with Crippen LogP contribution in [0.15, 0.2) is 27.3 Å². The predicted octanol–water partition coefficient (Wildman–Crippen LogP) is 4.02. The Kier molecular flexibility index (Phi) is 6.00. The number of pyridine rings is 1. The zero-order valence-corrected chi connectivity index (χ0v) is 16.1. The fourth-order valence-corrected chi connectivity index (χ4v) is 3.02. The van der Waals surface area contributed by atoms with Crippen molar-refractivity contribution in [3.05, 3.63) is 38.7 Å². The molecule has 6 nitrogen and oxygen atoms in total. The van der Waals surface area contributed by atoms with Gasteiger partial charge in [-0.2, -0.15) is 0 Å². The molecule has 9 heteroatoms. The average molecular weight is 464 g/mol. The molecule has 0 saturated carbocycles. The molecule has 1 heterocycles. The van der Waals surface area contributed by atoms with Crippen molar-refractivity contribution in [2.24, 2.45) is 0 Å². The van der Waals surface area contributed by atoms with Crippen LogP contribution >= 0.6 is 31.9 Å². The lowest BCUT2D eigenvalue weighted by molar-refractivity contribution is 0.102. The Morgan fingerprint density at radius 2 is 1.79 bits per heavy atom. The quantitative estimate of drug-likeness (QED) is 0.725. The lowest BCUT2D eigenvalue weighted by Crippen LogP contribution is -2.15. The van der Waals surface area contributed by atoms with Crippen LogP contribution in [0, 0.1) is 5.82 Å². The molecule has 0 spiro atoms. The van der Waals surface area contributed by atoms with E-state index in [1.807, 2.05) is 0 Å². The van der Waals surface area contributed by atoms with Gasteiger partial charge in [0.1, 0.15) is 11.6 Å². The third-order valence-corrected chi connectivity index (χ3v) is 4.45. The van der Waals surface area contributed by atoms with Crippen molar-refractivity contribution in [2.45, 2.75) is 0 Å². The number of aromatic nitrogens is 1. The van der Waals surface area contributed by atoms with Gasteiger partial charge in [-0.25, -0.2) is 9.37 Å². The minimum atomic E-state index is -0.520. The Bertz CT molecular complexity index is 787.